The maximum absolute atomic E-state index is 9.53. The lowest BCUT2D eigenvalue weighted by Crippen LogP contribution is -2.57. The van der Waals surface area contributed by atoms with Crippen LogP contribution in [0.5, 0.6) is 0 Å². The van der Waals surface area contributed by atoms with Crippen LogP contribution in [0.4, 0.5) is 0 Å². The van der Waals surface area contributed by atoms with E-state index in [1.54, 1.807) is 32.3 Å². The Morgan fingerprint density at radius 1 is 1.67 bits per heavy atom. The maximum atomic E-state index is 9.53. The summed E-state index contributed by atoms with van der Waals surface area (Å²) in [5.74, 6) is 0. The number of hydrogen-bond donors (Lipinski definition) is 3. The quantitative estimate of drug-likeness (QED) is 0.515. The highest BCUT2D eigenvalue weighted by Gasteiger charge is 2.28. The minimum absolute atomic E-state index is 0.571. The molecule has 0 saturated heterocycles. The second kappa shape index (κ2) is 3.12. The summed E-state index contributed by atoms with van der Waals surface area (Å²) < 4.78 is 0. The van der Waals surface area contributed by atoms with E-state index in [4.69, 9.17) is 5.73 Å². The average Bonchev–Trinajstić information content (AvgIpc) is 2.03. The molecule has 4 N–H and O–H groups in total. The van der Waals surface area contributed by atoms with Gasteiger partial charge in [-0.25, -0.2) is 0 Å². The molecule has 1 aliphatic rings. The summed E-state index contributed by atoms with van der Waals surface area (Å²) in [6.45, 7) is 3.26. The zero-order valence-corrected chi connectivity index (χ0v) is 7.23. The summed E-state index contributed by atoms with van der Waals surface area (Å²) in [5, 5.41) is 14.9. The van der Waals surface area contributed by atoms with Gasteiger partial charge in [0, 0.05) is 6.20 Å². The fraction of sp³-hybridized carbons (Fsp3) is 0.571. The normalized spacial score (nSPS) is 19.2. The summed E-state index contributed by atoms with van der Waals surface area (Å²) in [7, 11) is 0. The minimum Gasteiger partial charge on any atom is -0.387 e. The van der Waals surface area contributed by atoms with Crippen molar-refractivity contribution in [3.05, 3.63) is 12.3 Å². The monoisotopic (exact) mass is 170 g/mol. The van der Waals surface area contributed by atoms with Crippen molar-refractivity contribution in [1.82, 2.24) is 10.5 Å². The van der Waals surface area contributed by atoms with E-state index in [1.807, 2.05) is 0 Å². The molecule has 1 aliphatic heterocycles. The van der Waals surface area contributed by atoms with Gasteiger partial charge >= 0.3 is 0 Å². The molecule has 0 aromatic heterocycles. The molecule has 0 aromatic rings. The third kappa shape index (κ3) is 1.96. The number of aliphatic hydroxyl groups is 1. The molecule has 0 aromatic carbocycles. The van der Waals surface area contributed by atoms with Gasteiger partial charge in [-0.2, -0.15) is 10.2 Å². The number of rotatable bonds is 2. The highest BCUT2D eigenvalue weighted by molar-refractivity contribution is 5.71. The molecule has 1 heterocycles. The van der Waals surface area contributed by atoms with E-state index in [0.717, 1.165) is 0 Å². The van der Waals surface area contributed by atoms with Crippen molar-refractivity contribution in [3.63, 3.8) is 0 Å². The van der Waals surface area contributed by atoms with Gasteiger partial charge in [0.15, 0.2) is 0 Å². The predicted octanol–water partition coefficient (Wildman–Crippen LogP) is -0.638. The Hall–Kier alpha value is -1.07. The van der Waals surface area contributed by atoms with Crippen LogP contribution < -0.4 is 11.2 Å². The fourth-order valence-corrected chi connectivity index (χ4v) is 0.757. The Morgan fingerprint density at radius 3 is 2.75 bits per heavy atom. The molecule has 5 heteroatoms. The largest absolute Gasteiger partial charge is 0.387 e. The molecular formula is C7H14N4O. The number of nitrogens with one attached hydrogen (secondary N) is 1. The Balaban J connectivity index is 2.59. The van der Waals surface area contributed by atoms with Gasteiger partial charge in [-0.05, 0) is 19.9 Å². The maximum Gasteiger partial charge on any atom is 0.145 e. The molecule has 1 unspecified atom stereocenters. The summed E-state index contributed by atoms with van der Waals surface area (Å²) in [4.78, 5) is 0. The topological polar surface area (TPSA) is 73.9 Å². The van der Waals surface area contributed by atoms with E-state index in [1.165, 1.54) is 5.12 Å². The van der Waals surface area contributed by atoms with E-state index in [-0.39, 0.29) is 0 Å². The Labute approximate surface area is 71.5 Å². The van der Waals surface area contributed by atoms with Crippen LogP contribution in [-0.4, -0.2) is 28.2 Å². The first kappa shape index (κ1) is 9.02. The summed E-state index contributed by atoms with van der Waals surface area (Å²) in [5.41, 5.74) is 7.50. The third-order valence-electron chi connectivity index (χ3n) is 1.57. The van der Waals surface area contributed by atoms with Crippen molar-refractivity contribution in [2.45, 2.75) is 25.6 Å². The van der Waals surface area contributed by atoms with Gasteiger partial charge in [0.1, 0.15) is 6.17 Å². The molecule has 0 radical (unpaired) electrons. The Morgan fingerprint density at radius 2 is 2.33 bits per heavy atom. The van der Waals surface area contributed by atoms with Crippen molar-refractivity contribution in [1.29, 1.82) is 0 Å². The van der Waals surface area contributed by atoms with Crippen LogP contribution in [0.25, 0.3) is 0 Å². The van der Waals surface area contributed by atoms with Crippen LogP contribution in [0.15, 0.2) is 17.4 Å². The molecule has 0 aliphatic carbocycles. The SMILES string of the molecule is CC(C)(O)C(N)N1N=CC=CN1. The second-order valence-corrected chi connectivity index (χ2v) is 3.20. The van der Waals surface area contributed by atoms with Crippen molar-refractivity contribution >= 4 is 6.21 Å². The lowest BCUT2D eigenvalue weighted by atomic mass is 10.1. The van der Waals surface area contributed by atoms with Crippen molar-refractivity contribution < 1.29 is 5.11 Å². The first-order chi connectivity index (χ1) is 5.52. The van der Waals surface area contributed by atoms with Crippen LogP contribution in [0, 0.1) is 0 Å². The molecule has 5 nitrogen and oxygen atoms in total. The van der Waals surface area contributed by atoms with Gasteiger partial charge in [-0.3, -0.25) is 5.43 Å². The molecule has 0 spiro atoms. The van der Waals surface area contributed by atoms with Crippen molar-refractivity contribution in [2.75, 3.05) is 0 Å². The molecular weight excluding hydrogens is 156 g/mol. The van der Waals surface area contributed by atoms with Crippen LogP contribution in [0.3, 0.4) is 0 Å². The van der Waals surface area contributed by atoms with E-state index >= 15 is 0 Å². The Kier molecular flexibility index (Phi) is 2.35. The van der Waals surface area contributed by atoms with Crippen LogP contribution >= 0.6 is 0 Å². The molecule has 0 fully saturated rings. The standard InChI is InChI=1S/C7H14N4O/c1-7(2,12)6(8)11-9-4-3-5-10-11/h3-6,9,12H,8H2,1-2H3. The molecule has 0 bridgehead atoms. The third-order valence-corrected chi connectivity index (χ3v) is 1.57. The lowest BCUT2D eigenvalue weighted by Gasteiger charge is -2.34. The van der Waals surface area contributed by atoms with E-state index in [9.17, 15) is 5.11 Å². The average molecular weight is 170 g/mol. The number of hydrogen-bond acceptors (Lipinski definition) is 5. The summed E-state index contributed by atoms with van der Waals surface area (Å²) in [6.07, 6.45) is 4.47. The second-order valence-electron chi connectivity index (χ2n) is 3.20. The van der Waals surface area contributed by atoms with Gasteiger partial charge in [0.2, 0.25) is 0 Å². The number of nitrogens with two attached hydrogens (primary N) is 1. The molecule has 1 rings (SSSR count). The molecule has 0 saturated carbocycles. The number of hydrazone groups is 1. The smallest absolute Gasteiger partial charge is 0.145 e. The zero-order chi connectivity index (χ0) is 9.19. The summed E-state index contributed by atoms with van der Waals surface area (Å²) >= 11 is 0. The van der Waals surface area contributed by atoms with Gasteiger partial charge in [0.25, 0.3) is 0 Å². The highest BCUT2D eigenvalue weighted by Crippen LogP contribution is 2.09. The molecule has 12 heavy (non-hydrogen) atoms. The van der Waals surface area contributed by atoms with Gasteiger partial charge in [-0.1, -0.05) is 0 Å². The molecule has 1 atom stereocenters. The van der Waals surface area contributed by atoms with Crippen molar-refractivity contribution in [2.24, 2.45) is 10.8 Å². The molecule has 68 valence electrons. The predicted molar refractivity (Wildman–Crippen MR) is 46.9 cm³/mol. The van der Waals surface area contributed by atoms with Crippen molar-refractivity contribution in [3.8, 4) is 0 Å². The Bertz CT molecular complexity index is 206. The van der Waals surface area contributed by atoms with E-state index < -0.39 is 11.8 Å². The molecule has 0 amide bonds. The minimum atomic E-state index is -0.991. The van der Waals surface area contributed by atoms with E-state index in [2.05, 4.69) is 10.5 Å². The fourth-order valence-electron chi connectivity index (χ4n) is 0.757. The number of hydrazine groups is 1. The first-order valence-corrected chi connectivity index (χ1v) is 3.74. The van der Waals surface area contributed by atoms with Crippen LogP contribution in [-0.2, 0) is 0 Å². The van der Waals surface area contributed by atoms with Crippen LogP contribution in [0.2, 0.25) is 0 Å². The van der Waals surface area contributed by atoms with E-state index in [0.29, 0.717) is 0 Å². The highest BCUT2D eigenvalue weighted by atomic mass is 16.3. The van der Waals surface area contributed by atoms with Gasteiger partial charge in [0.05, 0.1) is 11.8 Å². The van der Waals surface area contributed by atoms with Gasteiger partial charge < -0.3 is 10.8 Å². The first-order valence-electron chi connectivity index (χ1n) is 3.74. The zero-order valence-electron chi connectivity index (χ0n) is 7.23. The number of nitrogens with zero attached hydrogens (tertiary/aromatic N) is 2. The van der Waals surface area contributed by atoms with Gasteiger partial charge in [-0.15, -0.1) is 0 Å². The number of allylic oxidation sites excluding steroid dienone is 1. The lowest BCUT2D eigenvalue weighted by molar-refractivity contribution is -0.0310. The van der Waals surface area contributed by atoms with Crippen LogP contribution in [0.1, 0.15) is 13.8 Å². The summed E-state index contributed by atoms with van der Waals surface area (Å²) in [6, 6.07) is 0.